The van der Waals surface area contributed by atoms with E-state index in [1.807, 2.05) is 24.3 Å². The minimum absolute atomic E-state index is 0.00712. The number of hydrogen-bond donors (Lipinski definition) is 2. The van der Waals surface area contributed by atoms with Crippen LogP contribution in [0.3, 0.4) is 0 Å². The summed E-state index contributed by atoms with van der Waals surface area (Å²) >= 11 is 0. The molecule has 0 saturated heterocycles. The Morgan fingerprint density at radius 2 is 2.05 bits per heavy atom. The molecule has 0 spiro atoms. The second-order valence-electron chi connectivity index (χ2n) is 6.90. The van der Waals surface area contributed by atoms with E-state index in [0.29, 0.717) is 23.9 Å². The molecule has 0 radical (unpaired) electrons. The van der Waals surface area contributed by atoms with Gasteiger partial charge in [-0.15, -0.1) is 10.2 Å². The van der Waals surface area contributed by atoms with E-state index in [1.54, 1.807) is 0 Å². The van der Waals surface area contributed by atoms with Crippen LogP contribution in [0.2, 0.25) is 0 Å². The van der Waals surface area contributed by atoms with Crippen molar-refractivity contribution in [2.45, 2.75) is 40.5 Å². The summed E-state index contributed by atoms with van der Waals surface area (Å²) in [6, 6.07) is 7.46. The van der Waals surface area contributed by atoms with Crippen LogP contribution in [-0.4, -0.2) is 26.5 Å². The zero-order valence-corrected chi connectivity index (χ0v) is 13.6. The highest BCUT2D eigenvalue weighted by Gasteiger charge is 2.18. The quantitative estimate of drug-likeness (QED) is 0.887. The number of para-hydroxylation sites is 1. The second kappa shape index (κ2) is 6.68. The lowest BCUT2D eigenvalue weighted by molar-refractivity contribution is -0.117. The average molecular weight is 301 g/mol. The molecule has 0 saturated carbocycles. The Labute approximate surface area is 130 Å². The lowest BCUT2D eigenvalue weighted by atomic mass is 9.84. The number of hydrogen-bond acceptors (Lipinski definition) is 4. The summed E-state index contributed by atoms with van der Waals surface area (Å²) in [5.41, 5.74) is 1.69. The summed E-state index contributed by atoms with van der Waals surface area (Å²) < 4.78 is 0. The standard InChI is InChI=1S/C16H23N5O/c1-11(10-16(2,3)4)9-14(22)17-13-8-6-5-7-12(13)15-18-20-21-19-15/h5-8,11H,9-10H2,1-4H3,(H,17,22)(H,18,19,20,21). The normalized spacial score (nSPS) is 12.9. The van der Waals surface area contributed by atoms with Crippen LogP contribution in [0, 0.1) is 11.3 Å². The molecule has 118 valence electrons. The fourth-order valence-electron chi connectivity index (χ4n) is 2.70. The van der Waals surface area contributed by atoms with Crippen LogP contribution in [-0.2, 0) is 4.79 Å². The largest absolute Gasteiger partial charge is 0.325 e. The smallest absolute Gasteiger partial charge is 0.224 e. The molecule has 1 atom stereocenters. The molecule has 1 amide bonds. The van der Waals surface area contributed by atoms with E-state index in [4.69, 9.17) is 0 Å². The summed E-state index contributed by atoms with van der Waals surface area (Å²) in [5, 5.41) is 16.9. The van der Waals surface area contributed by atoms with Crippen molar-refractivity contribution in [2.24, 2.45) is 11.3 Å². The Balaban J connectivity index is 2.04. The molecule has 0 bridgehead atoms. The summed E-state index contributed by atoms with van der Waals surface area (Å²) in [7, 11) is 0. The molecular weight excluding hydrogens is 278 g/mol. The van der Waals surface area contributed by atoms with Crippen LogP contribution >= 0.6 is 0 Å². The SMILES string of the molecule is CC(CC(=O)Nc1ccccc1-c1nn[nH]n1)CC(C)(C)C. The van der Waals surface area contributed by atoms with Crippen molar-refractivity contribution in [3.8, 4) is 11.4 Å². The summed E-state index contributed by atoms with van der Waals surface area (Å²) in [6.45, 7) is 8.67. The first-order valence-corrected chi connectivity index (χ1v) is 7.48. The molecule has 1 aromatic carbocycles. The molecule has 22 heavy (non-hydrogen) atoms. The molecule has 6 heteroatoms. The molecule has 1 heterocycles. The van der Waals surface area contributed by atoms with E-state index in [0.717, 1.165) is 12.0 Å². The molecule has 0 aliphatic heterocycles. The van der Waals surface area contributed by atoms with Gasteiger partial charge in [-0.1, -0.05) is 39.8 Å². The predicted molar refractivity (Wildman–Crippen MR) is 86.1 cm³/mol. The van der Waals surface area contributed by atoms with E-state index in [9.17, 15) is 4.79 Å². The van der Waals surface area contributed by atoms with E-state index < -0.39 is 0 Å². The molecule has 6 nitrogen and oxygen atoms in total. The average Bonchev–Trinajstić information content (AvgIpc) is 2.90. The lowest BCUT2D eigenvalue weighted by Gasteiger charge is -2.22. The number of anilines is 1. The Morgan fingerprint density at radius 1 is 1.32 bits per heavy atom. The van der Waals surface area contributed by atoms with Crippen molar-refractivity contribution in [1.29, 1.82) is 0 Å². The van der Waals surface area contributed by atoms with Crippen LogP contribution in [0.5, 0.6) is 0 Å². The van der Waals surface area contributed by atoms with Gasteiger partial charge in [0, 0.05) is 12.0 Å². The van der Waals surface area contributed by atoms with Gasteiger partial charge in [0.05, 0.1) is 5.69 Å². The van der Waals surface area contributed by atoms with Gasteiger partial charge in [0.15, 0.2) is 0 Å². The number of nitrogens with zero attached hydrogens (tertiary/aromatic N) is 3. The molecule has 1 unspecified atom stereocenters. The zero-order valence-electron chi connectivity index (χ0n) is 13.6. The van der Waals surface area contributed by atoms with Crippen molar-refractivity contribution in [3.05, 3.63) is 24.3 Å². The first kappa shape index (κ1) is 16.1. The number of aromatic nitrogens is 4. The van der Waals surface area contributed by atoms with Crippen LogP contribution < -0.4 is 5.32 Å². The van der Waals surface area contributed by atoms with Crippen molar-refractivity contribution < 1.29 is 4.79 Å². The Hall–Kier alpha value is -2.24. The van der Waals surface area contributed by atoms with E-state index in [1.165, 1.54) is 0 Å². The monoisotopic (exact) mass is 301 g/mol. The third kappa shape index (κ3) is 4.65. The fraction of sp³-hybridized carbons (Fsp3) is 0.500. The zero-order chi connectivity index (χ0) is 16.2. The van der Waals surface area contributed by atoms with Crippen LogP contribution in [0.15, 0.2) is 24.3 Å². The number of carbonyl (C=O) groups excluding carboxylic acids is 1. The van der Waals surface area contributed by atoms with Gasteiger partial charge in [-0.3, -0.25) is 4.79 Å². The molecule has 2 aromatic rings. The number of tetrazole rings is 1. The number of benzene rings is 1. The van der Waals surface area contributed by atoms with Gasteiger partial charge in [0.1, 0.15) is 0 Å². The van der Waals surface area contributed by atoms with E-state index in [-0.39, 0.29) is 11.3 Å². The van der Waals surface area contributed by atoms with Gasteiger partial charge < -0.3 is 5.32 Å². The maximum Gasteiger partial charge on any atom is 0.224 e. The highest BCUT2D eigenvalue weighted by molar-refractivity contribution is 5.94. The van der Waals surface area contributed by atoms with Crippen molar-refractivity contribution >= 4 is 11.6 Å². The summed E-state index contributed by atoms with van der Waals surface area (Å²) in [5.74, 6) is 0.809. The molecule has 0 fully saturated rings. The maximum atomic E-state index is 12.3. The molecule has 0 aliphatic carbocycles. The Bertz CT molecular complexity index is 616. The Kier molecular flexibility index (Phi) is 4.90. The number of nitrogens with one attached hydrogen (secondary N) is 2. The number of aromatic amines is 1. The Morgan fingerprint density at radius 3 is 2.68 bits per heavy atom. The first-order chi connectivity index (χ1) is 10.3. The molecule has 1 aromatic heterocycles. The third-order valence-electron chi connectivity index (χ3n) is 3.28. The van der Waals surface area contributed by atoms with Crippen molar-refractivity contribution in [2.75, 3.05) is 5.32 Å². The molecular formula is C16H23N5O. The minimum atomic E-state index is 0.00712. The van der Waals surface area contributed by atoms with Gasteiger partial charge in [-0.25, -0.2) is 0 Å². The maximum absolute atomic E-state index is 12.3. The minimum Gasteiger partial charge on any atom is -0.325 e. The first-order valence-electron chi connectivity index (χ1n) is 7.48. The van der Waals surface area contributed by atoms with E-state index >= 15 is 0 Å². The highest BCUT2D eigenvalue weighted by Crippen LogP contribution is 2.27. The van der Waals surface area contributed by atoms with Crippen LogP contribution in [0.4, 0.5) is 5.69 Å². The number of amides is 1. The summed E-state index contributed by atoms with van der Waals surface area (Å²) in [6.07, 6.45) is 1.50. The number of carbonyl (C=O) groups is 1. The van der Waals surface area contributed by atoms with Gasteiger partial charge >= 0.3 is 0 Å². The van der Waals surface area contributed by atoms with Gasteiger partial charge in [-0.05, 0) is 35.1 Å². The van der Waals surface area contributed by atoms with Crippen LogP contribution in [0.25, 0.3) is 11.4 Å². The highest BCUT2D eigenvalue weighted by atomic mass is 16.1. The van der Waals surface area contributed by atoms with Crippen LogP contribution in [0.1, 0.15) is 40.5 Å². The predicted octanol–water partition coefficient (Wildman–Crippen LogP) is 3.27. The van der Waals surface area contributed by atoms with Crippen molar-refractivity contribution in [1.82, 2.24) is 20.6 Å². The molecule has 0 aliphatic rings. The molecule has 2 N–H and O–H groups in total. The lowest BCUT2D eigenvalue weighted by Crippen LogP contribution is -2.19. The number of H-pyrrole nitrogens is 1. The topological polar surface area (TPSA) is 83.6 Å². The second-order valence-corrected chi connectivity index (χ2v) is 6.90. The van der Waals surface area contributed by atoms with Gasteiger partial charge in [0.2, 0.25) is 11.7 Å². The van der Waals surface area contributed by atoms with Crippen molar-refractivity contribution in [3.63, 3.8) is 0 Å². The molecule has 2 rings (SSSR count). The summed E-state index contributed by atoms with van der Waals surface area (Å²) in [4.78, 5) is 12.3. The van der Waals surface area contributed by atoms with Gasteiger partial charge in [0.25, 0.3) is 0 Å². The van der Waals surface area contributed by atoms with E-state index in [2.05, 4.69) is 53.6 Å². The third-order valence-corrected chi connectivity index (χ3v) is 3.28. The van der Waals surface area contributed by atoms with Gasteiger partial charge in [-0.2, -0.15) is 5.21 Å². The number of rotatable bonds is 5. The fourth-order valence-corrected chi connectivity index (χ4v) is 2.70.